The first kappa shape index (κ1) is 13.4. The van der Waals surface area contributed by atoms with E-state index in [0.29, 0.717) is 6.04 Å². The molecule has 1 aromatic rings. The van der Waals surface area contributed by atoms with E-state index in [2.05, 4.69) is 16.4 Å². The maximum Gasteiger partial charge on any atom is 0.123 e. The van der Waals surface area contributed by atoms with Gasteiger partial charge in [0.2, 0.25) is 0 Å². The van der Waals surface area contributed by atoms with Crippen molar-refractivity contribution in [2.24, 2.45) is 0 Å². The van der Waals surface area contributed by atoms with Crippen molar-refractivity contribution in [2.45, 2.75) is 25.3 Å². The Balaban J connectivity index is 2.25. The maximum atomic E-state index is 5.47. The Bertz CT molecular complexity index is 389. The van der Waals surface area contributed by atoms with Gasteiger partial charge in [-0.1, -0.05) is 36.4 Å². The zero-order chi connectivity index (χ0) is 12.1. The third kappa shape index (κ3) is 3.25. The van der Waals surface area contributed by atoms with Crippen LogP contribution in [0.2, 0.25) is 0 Å². The Morgan fingerprint density at radius 2 is 2.24 bits per heavy atom. The van der Waals surface area contributed by atoms with Crippen molar-refractivity contribution >= 4 is 29.9 Å². The fourth-order valence-corrected chi connectivity index (χ4v) is 5.13. The molecular formula is C12H18NOPS2. The van der Waals surface area contributed by atoms with Crippen molar-refractivity contribution in [3.05, 3.63) is 29.8 Å². The summed E-state index contributed by atoms with van der Waals surface area (Å²) in [5.41, 5.74) is 1.31. The molecular weight excluding hydrogens is 269 g/mol. The summed E-state index contributed by atoms with van der Waals surface area (Å²) in [5.74, 6) is 1.00. The van der Waals surface area contributed by atoms with Crippen LogP contribution in [0.25, 0.3) is 0 Å². The summed E-state index contributed by atoms with van der Waals surface area (Å²) in [6.45, 7) is 1.20. The third-order valence-corrected chi connectivity index (χ3v) is 5.77. The molecule has 17 heavy (non-hydrogen) atoms. The molecule has 2 unspecified atom stereocenters. The minimum absolute atomic E-state index is 0.0505. The van der Waals surface area contributed by atoms with Gasteiger partial charge in [-0.3, -0.25) is 0 Å². The smallest absolute Gasteiger partial charge is 0.123 e. The molecule has 0 amide bonds. The third-order valence-electron chi connectivity index (χ3n) is 3.13. The van der Waals surface area contributed by atoms with Crippen molar-refractivity contribution in [3.63, 3.8) is 0 Å². The molecule has 0 saturated carbocycles. The number of hydrogen-bond acceptors (Lipinski definition) is 4. The lowest BCUT2D eigenvalue weighted by atomic mass is 9.97. The van der Waals surface area contributed by atoms with Gasteiger partial charge in [0, 0.05) is 18.2 Å². The van der Waals surface area contributed by atoms with E-state index in [-0.39, 0.29) is 6.56 Å². The molecule has 0 aromatic heterocycles. The normalized spacial score (nSPS) is 22.1. The molecule has 2 atom stereocenters. The highest BCUT2D eigenvalue weighted by molar-refractivity contribution is 8.56. The number of ether oxygens (including phenoxy) is 1. The molecule has 0 aliphatic carbocycles. The van der Waals surface area contributed by atoms with Gasteiger partial charge < -0.3 is 4.74 Å². The van der Waals surface area contributed by atoms with Crippen molar-refractivity contribution in [1.82, 2.24) is 4.31 Å². The van der Waals surface area contributed by atoms with Crippen LogP contribution in [0.1, 0.15) is 30.9 Å². The van der Waals surface area contributed by atoms with E-state index in [1.165, 1.54) is 24.8 Å². The maximum absolute atomic E-state index is 5.47. The minimum Gasteiger partial charge on any atom is -0.496 e. The number of para-hydroxylation sites is 1. The van der Waals surface area contributed by atoms with Crippen LogP contribution < -0.4 is 4.74 Å². The lowest BCUT2D eigenvalue weighted by Gasteiger charge is -2.34. The van der Waals surface area contributed by atoms with Crippen molar-refractivity contribution in [1.29, 1.82) is 0 Å². The van der Waals surface area contributed by atoms with E-state index < -0.39 is 0 Å². The molecule has 0 radical (unpaired) electrons. The Labute approximate surface area is 113 Å². The monoisotopic (exact) mass is 287 g/mol. The van der Waals surface area contributed by atoms with Gasteiger partial charge >= 0.3 is 0 Å². The van der Waals surface area contributed by atoms with Crippen LogP contribution in [0.15, 0.2) is 24.3 Å². The predicted molar refractivity (Wildman–Crippen MR) is 81.0 cm³/mol. The van der Waals surface area contributed by atoms with Gasteiger partial charge in [0.15, 0.2) is 0 Å². The highest BCUT2D eigenvalue weighted by atomic mass is 32.9. The van der Waals surface area contributed by atoms with Crippen LogP contribution in [0.3, 0.4) is 0 Å². The van der Waals surface area contributed by atoms with Crippen LogP contribution in [0.4, 0.5) is 0 Å². The quantitative estimate of drug-likeness (QED) is 0.618. The molecule has 2 nitrogen and oxygen atoms in total. The minimum atomic E-state index is 0.0505. The van der Waals surface area contributed by atoms with E-state index in [1.54, 1.807) is 7.11 Å². The number of hydrogen-bond donors (Lipinski definition) is 0. The second-order valence-corrected chi connectivity index (χ2v) is 7.91. The molecule has 2 rings (SSSR count). The number of rotatable bonds is 4. The number of piperidine rings is 1. The lowest BCUT2D eigenvalue weighted by Crippen LogP contribution is -2.26. The van der Waals surface area contributed by atoms with Crippen LogP contribution in [-0.2, 0) is 11.8 Å². The molecule has 0 spiro atoms. The van der Waals surface area contributed by atoms with Gasteiger partial charge in [0.1, 0.15) is 5.75 Å². The first-order valence-electron chi connectivity index (χ1n) is 5.87. The highest BCUT2D eigenvalue weighted by Gasteiger charge is 2.25. The summed E-state index contributed by atoms with van der Waals surface area (Å²) in [4.78, 5) is 0. The van der Waals surface area contributed by atoms with Crippen LogP contribution in [-0.4, -0.2) is 18.0 Å². The summed E-state index contributed by atoms with van der Waals surface area (Å²) in [7, 11) is 1.75. The molecule has 0 bridgehead atoms. The van der Waals surface area contributed by atoms with Crippen LogP contribution in [0.5, 0.6) is 5.75 Å². The standard InChI is InChI=1S/C12H18NOPS2/c1-14-12-8-3-2-6-10(12)11-7-4-5-9-13(11)17-15-16/h2-3,6,8,11H,4-5,7,9,15H2,1H3. The zero-order valence-electron chi connectivity index (χ0n) is 9.96. The van der Waals surface area contributed by atoms with Crippen molar-refractivity contribution in [3.8, 4) is 5.75 Å². The molecule has 1 saturated heterocycles. The largest absolute Gasteiger partial charge is 0.496 e. The average molecular weight is 287 g/mol. The molecule has 1 aromatic carbocycles. The second kappa shape index (κ2) is 6.79. The predicted octanol–water partition coefficient (Wildman–Crippen LogP) is 3.66. The summed E-state index contributed by atoms with van der Waals surface area (Å²) < 4.78 is 7.93. The van der Waals surface area contributed by atoms with Gasteiger partial charge in [-0.15, -0.1) is 0 Å². The Hall–Kier alpha value is -0.0200. The van der Waals surface area contributed by atoms with Crippen LogP contribution >= 0.6 is 18.1 Å². The Morgan fingerprint density at radius 1 is 1.41 bits per heavy atom. The first-order chi connectivity index (χ1) is 8.36. The van der Waals surface area contributed by atoms with Crippen molar-refractivity contribution in [2.75, 3.05) is 13.7 Å². The van der Waals surface area contributed by atoms with E-state index in [0.717, 1.165) is 12.3 Å². The molecule has 1 aliphatic heterocycles. The Kier molecular flexibility index (Phi) is 5.36. The van der Waals surface area contributed by atoms with Crippen LogP contribution in [0, 0.1) is 0 Å². The molecule has 0 N–H and O–H groups in total. The number of methoxy groups -OCH3 is 1. The summed E-state index contributed by atoms with van der Waals surface area (Å²) in [6, 6.07) is 8.82. The SMILES string of the molecule is COc1ccccc1C1CCCCN1S[PH2]=S. The second-order valence-electron chi connectivity index (χ2n) is 4.10. The van der Waals surface area contributed by atoms with Gasteiger partial charge in [0.25, 0.3) is 0 Å². The molecule has 1 aliphatic rings. The number of benzene rings is 1. The van der Waals surface area contributed by atoms with Gasteiger partial charge in [-0.2, -0.15) is 0 Å². The fourth-order valence-electron chi connectivity index (χ4n) is 2.34. The first-order valence-corrected chi connectivity index (χ1v) is 10.0. The summed E-state index contributed by atoms with van der Waals surface area (Å²) in [6.07, 6.45) is 3.79. The molecule has 1 fully saturated rings. The number of nitrogens with zero attached hydrogens (tertiary/aromatic N) is 1. The van der Waals surface area contributed by atoms with E-state index in [1.807, 2.05) is 23.7 Å². The topological polar surface area (TPSA) is 12.5 Å². The van der Waals surface area contributed by atoms with Crippen molar-refractivity contribution < 1.29 is 4.74 Å². The fraction of sp³-hybridized carbons (Fsp3) is 0.500. The summed E-state index contributed by atoms with van der Waals surface area (Å²) in [5, 5.41) is 0. The average Bonchev–Trinajstić information content (AvgIpc) is 2.40. The van der Waals surface area contributed by atoms with E-state index in [9.17, 15) is 0 Å². The highest BCUT2D eigenvalue weighted by Crippen LogP contribution is 2.42. The van der Waals surface area contributed by atoms with E-state index in [4.69, 9.17) is 16.5 Å². The molecule has 5 heteroatoms. The zero-order valence-corrected chi connectivity index (χ0v) is 12.8. The Morgan fingerprint density at radius 3 is 3.00 bits per heavy atom. The van der Waals surface area contributed by atoms with E-state index >= 15 is 0 Å². The van der Waals surface area contributed by atoms with Gasteiger partial charge in [-0.25, -0.2) is 4.31 Å². The lowest BCUT2D eigenvalue weighted by molar-refractivity contribution is 0.273. The summed E-state index contributed by atoms with van der Waals surface area (Å²) >= 11 is 7.02. The molecule has 94 valence electrons. The van der Waals surface area contributed by atoms with Gasteiger partial charge in [0.05, 0.1) is 7.11 Å². The van der Waals surface area contributed by atoms with Gasteiger partial charge in [-0.05, 0) is 37.0 Å². The molecule has 1 heterocycles.